The standard InChI is InChI=1S/C24H23F3N2O/c1-23(24(2,30)12-9-16-3-4-19(26)13-21(16)27)11-10-22-17(14-23)15-28-29(22)20-7-5-18(25)6-8-20/h3-8,10-11,13,15,30H,9,12,14H2,1-2H3. The lowest BCUT2D eigenvalue weighted by Crippen LogP contribution is -2.45. The Labute approximate surface area is 173 Å². The third kappa shape index (κ3) is 3.67. The highest BCUT2D eigenvalue weighted by Crippen LogP contribution is 2.43. The van der Waals surface area contributed by atoms with E-state index >= 15 is 0 Å². The van der Waals surface area contributed by atoms with Crippen molar-refractivity contribution in [2.45, 2.75) is 38.7 Å². The number of halogens is 3. The minimum absolute atomic E-state index is 0.296. The van der Waals surface area contributed by atoms with E-state index in [1.54, 1.807) is 29.9 Å². The lowest BCUT2D eigenvalue weighted by Gasteiger charge is -2.42. The van der Waals surface area contributed by atoms with E-state index in [4.69, 9.17) is 0 Å². The van der Waals surface area contributed by atoms with Crippen molar-refractivity contribution in [2.75, 3.05) is 0 Å². The summed E-state index contributed by atoms with van der Waals surface area (Å²) in [4.78, 5) is 0. The van der Waals surface area contributed by atoms with Gasteiger partial charge in [0.2, 0.25) is 0 Å². The molecule has 2 atom stereocenters. The van der Waals surface area contributed by atoms with Crippen molar-refractivity contribution in [2.24, 2.45) is 5.41 Å². The molecule has 156 valence electrons. The summed E-state index contributed by atoms with van der Waals surface area (Å²) in [7, 11) is 0. The van der Waals surface area contributed by atoms with E-state index in [0.717, 1.165) is 23.0 Å². The van der Waals surface area contributed by atoms with E-state index in [1.807, 2.05) is 19.1 Å². The molecule has 1 N–H and O–H groups in total. The zero-order chi connectivity index (χ0) is 21.5. The Morgan fingerprint density at radius 1 is 1.10 bits per heavy atom. The van der Waals surface area contributed by atoms with Gasteiger partial charge < -0.3 is 5.11 Å². The van der Waals surface area contributed by atoms with Crippen LogP contribution in [0, 0.1) is 22.9 Å². The van der Waals surface area contributed by atoms with Crippen molar-refractivity contribution in [1.82, 2.24) is 9.78 Å². The molecular weight excluding hydrogens is 389 g/mol. The van der Waals surface area contributed by atoms with Crippen LogP contribution in [-0.2, 0) is 12.8 Å². The minimum Gasteiger partial charge on any atom is -0.389 e. The Bertz CT molecular complexity index is 1100. The maximum atomic E-state index is 14.0. The summed E-state index contributed by atoms with van der Waals surface area (Å²) >= 11 is 0. The van der Waals surface area contributed by atoms with Gasteiger partial charge in [0.25, 0.3) is 0 Å². The maximum Gasteiger partial charge on any atom is 0.129 e. The predicted molar refractivity (Wildman–Crippen MR) is 110 cm³/mol. The first kappa shape index (κ1) is 20.4. The van der Waals surface area contributed by atoms with Crippen molar-refractivity contribution >= 4 is 6.08 Å². The van der Waals surface area contributed by atoms with Crippen LogP contribution in [0.3, 0.4) is 0 Å². The molecule has 4 rings (SSSR count). The van der Waals surface area contributed by atoms with Crippen molar-refractivity contribution in [3.63, 3.8) is 0 Å². The molecule has 0 fully saturated rings. The number of aliphatic hydroxyl groups is 1. The van der Waals surface area contributed by atoms with Crippen LogP contribution in [0.5, 0.6) is 0 Å². The summed E-state index contributed by atoms with van der Waals surface area (Å²) in [6.45, 7) is 3.71. The first-order chi connectivity index (χ1) is 14.2. The Morgan fingerprint density at radius 3 is 2.50 bits per heavy atom. The van der Waals surface area contributed by atoms with Gasteiger partial charge in [0.15, 0.2) is 0 Å². The molecule has 0 spiro atoms. The molecule has 1 aliphatic carbocycles. The summed E-state index contributed by atoms with van der Waals surface area (Å²) in [6, 6.07) is 9.62. The fourth-order valence-corrected chi connectivity index (χ4v) is 3.97. The summed E-state index contributed by atoms with van der Waals surface area (Å²) < 4.78 is 42.1. The number of hydrogen-bond acceptors (Lipinski definition) is 2. The highest BCUT2D eigenvalue weighted by molar-refractivity contribution is 5.57. The first-order valence-corrected chi connectivity index (χ1v) is 9.87. The number of hydrogen-bond donors (Lipinski definition) is 1. The largest absolute Gasteiger partial charge is 0.389 e. The van der Waals surface area contributed by atoms with Gasteiger partial charge in [-0.2, -0.15) is 5.10 Å². The van der Waals surface area contributed by atoms with Crippen LogP contribution in [0.25, 0.3) is 11.8 Å². The molecule has 2 unspecified atom stereocenters. The van der Waals surface area contributed by atoms with Gasteiger partial charge in [-0.1, -0.05) is 19.1 Å². The quantitative estimate of drug-likeness (QED) is 0.622. The second-order valence-corrected chi connectivity index (χ2v) is 8.38. The third-order valence-corrected chi connectivity index (χ3v) is 6.25. The average molecular weight is 412 g/mol. The zero-order valence-electron chi connectivity index (χ0n) is 16.9. The minimum atomic E-state index is -1.13. The number of aryl methyl sites for hydroxylation is 1. The molecule has 0 saturated heterocycles. The van der Waals surface area contributed by atoms with E-state index in [2.05, 4.69) is 5.10 Å². The van der Waals surface area contributed by atoms with Gasteiger partial charge in [-0.15, -0.1) is 0 Å². The highest BCUT2D eigenvalue weighted by atomic mass is 19.1. The topological polar surface area (TPSA) is 38.1 Å². The zero-order valence-corrected chi connectivity index (χ0v) is 16.9. The molecular formula is C24H23F3N2O. The Kier molecular flexibility index (Phi) is 5.06. The second kappa shape index (κ2) is 7.43. The fourth-order valence-electron chi connectivity index (χ4n) is 3.97. The van der Waals surface area contributed by atoms with Crippen molar-refractivity contribution in [1.29, 1.82) is 0 Å². The number of rotatable bonds is 5. The van der Waals surface area contributed by atoms with Crippen LogP contribution in [-0.4, -0.2) is 20.5 Å². The molecule has 1 heterocycles. The molecule has 0 saturated carbocycles. The summed E-state index contributed by atoms with van der Waals surface area (Å²) in [5.74, 6) is -1.52. The molecule has 30 heavy (non-hydrogen) atoms. The van der Waals surface area contributed by atoms with Gasteiger partial charge in [0.1, 0.15) is 17.5 Å². The molecule has 1 aliphatic rings. The molecule has 0 aliphatic heterocycles. The average Bonchev–Trinajstić information content (AvgIpc) is 3.10. The molecule has 0 bridgehead atoms. The molecule has 0 radical (unpaired) electrons. The van der Waals surface area contributed by atoms with Gasteiger partial charge in [-0.3, -0.25) is 0 Å². The highest BCUT2D eigenvalue weighted by Gasteiger charge is 2.43. The monoisotopic (exact) mass is 412 g/mol. The van der Waals surface area contributed by atoms with Gasteiger partial charge in [0, 0.05) is 11.5 Å². The number of fused-ring (bicyclic) bond motifs is 1. The van der Waals surface area contributed by atoms with Crippen molar-refractivity contribution in [3.05, 3.63) is 89.0 Å². The first-order valence-electron chi connectivity index (χ1n) is 9.87. The van der Waals surface area contributed by atoms with E-state index in [0.29, 0.717) is 24.8 Å². The lowest BCUT2D eigenvalue weighted by molar-refractivity contribution is -0.0415. The lowest BCUT2D eigenvalue weighted by atomic mass is 9.66. The normalized spacial score (nSPS) is 20.1. The molecule has 2 aromatic carbocycles. The Hall–Kier alpha value is -2.86. The summed E-state index contributed by atoms with van der Waals surface area (Å²) in [5, 5.41) is 15.7. The van der Waals surface area contributed by atoms with Gasteiger partial charge in [-0.25, -0.2) is 17.9 Å². The summed E-state index contributed by atoms with van der Waals surface area (Å²) in [6.07, 6.45) is 6.80. The van der Waals surface area contributed by atoms with Crippen LogP contribution in [0.15, 0.2) is 54.7 Å². The number of nitrogens with zero attached hydrogens (tertiary/aromatic N) is 2. The van der Waals surface area contributed by atoms with Gasteiger partial charge in [-0.05, 0) is 73.7 Å². The smallest absolute Gasteiger partial charge is 0.129 e. The van der Waals surface area contributed by atoms with Gasteiger partial charge >= 0.3 is 0 Å². The van der Waals surface area contributed by atoms with Crippen LogP contribution in [0.2, 0.25) is 0 Å². The molecule has 3 aromatic rings. The van der Waals surface area contributed by atoms with E-state index < -0.39 is 22.7 Å². The van der Waals surface area contributed by atoms with Crippen LogP contribution >= 0.6 is 0 Å². The maximum absolute atomic E-state index is 14.0. The van der Waals surface area contributed by atoms with E-state index in [9.17, 15) is 18.3 Å². The van der Waals surface area contributed by atoms with Crippen LogP contribution in [0.1, 0.15) is 37.1 Å². The second-order valence-electron chi connectivity index (χ2n) is 8.38. The SMILES string of the molecule is CC(O)(CCc1ccc(F)cc1F)C1(C)C=Cc2c(cnn2-c2ccc(F)cc2)C1. The number of aromatic nitrogens is 2. The molecule has 6 heteroatoms. The molecule has 3 nitrogen and oxygen atoms in total. The summed E-state index contributed by atoms with van der Waals surface area (Å²) in [5.41, 5.74) is 1.28. The Balaban J connectivity index is 1.55. The molecule has 0 amide bonds. The third-order valence-electron chi connectivity index (χ3n) is 6.25. The van der Waals surface area contributed by atoms with Crippen LogP contribution in [0.4, 0.5) is 13.2 Å². The van der Waals surface area contributed by atoms with Crippen molar-refractivity contribution < 1.29 is 18.3 Å². The van der Waals surface area contributed by atoms with Crippen molar-refractivity contribution in [3.8, 4) is 5.69 Å². The predicted octanol–water partition coefficient (Wildman–Crippen LogP) is 5.25. The molecule has 1 aromatic heterocycles. The van der Waals surface area contributed by atoms with E-state index in [-0.39, 0.29) is 5.82 Å². The number of benzene rings is 2. The Morgan fingerprint density at radius 2 is 1.80 bits per heavy atom. The van der Waals surface area contributed by atoms with Gasteiger partial charge in [0.05, 0.1) is 23.2 Å². The van der Waals surface area contributed by atoms with Crippen LogP contribution < -0.4 is 0 Å². The van der Waals surface area contributed by atoms with E-state index in [1.165, 1.54) is 24.3 Å². The fraction of sp³-hybridized carbons (Fsp3) is 0.292.